The first-order valence-electron chi connectivity index (χ1n) is 10.3. The standard InChI is InChI=1S/C25H22N2O7S/c1-16-6-12-22(13-7-16)35(32,33)34-21-10-8-18(9-11-21)14-23(26-17(2)28)24(29)27-20-5-3-4-19(15-20)25(30)31/h3-15H,1-2H3,(H,26,28)(H,27,29)(H,30,31)/b23-14-. The van der Waals surface area contributed by atoms with Crippen LogP contribution < -0.4 is 14.8 Å². The fourth-order valence-corrected chi connectivity index (χ4v) is 3.87. The number of benzene rings is 3. The monoisotopic (exact) mass is 494 g/mol. The van der Waals surface area contributed by atoms with Crippen molar-refractivity contribution >= 4 is 39.7 Å². The molecule has 35 heavy (non-hydrogen) atoms. The number of carboxylic acids is 1. The predicted molar refractivity (Wildman–Crippen MR) is 129 cm³/mol. The largest absolute Gasteiger partial charge is 0.478 e. The third-order valence-corrected chi connectivity index (χ3v) is 5.89. The van der Waals surface area contributed by atoms with Gasteiger partial charge in [-0.1, -0.05) is 35.9 Å². The Balaban J connectivity index is 1.79. The molecule has 0 atom stereocenters. The average molecular weight is 495 g/mol. The van der Waals surface area contributed by atoms with Gasteiger partial charge < -0.3 is 19.9 Å². The molecule has 2 amide bonds. The summed E-state index contributed by atoms with van der Waals surface area (Å²) >= 11 is 0. The highest BCUT2D eigenvalue weighted by Crippen LogP contribution is 2.21. The molecule has 0 aliphatic carbocycles. The first kappa shape index (κ1) is 25.2. The van der Waals surface area contributed by atoms with Crippen molar-refractivity contribution in [3.05, 3.63) is 95.2 Å². The second-order valence-electron chi connectivity index (χ2n) is 7.50. The third kappa shape index (κ3) is 7.02. The Morgan fingerprint density at radius 3 is 2.20 bits per heavy atom. The van der Waals surface area contributed by atoms with Crippen LogP contribution in [0.4, 0.5) is 5.69 Å². The highest BCUT2D eigenvalue weighted by molar-refractivity contribution is 7.87. The SMILES string of the molecule is CC(=O)N/C(=C\c1ccc(OS(=O)(=O)c2ccc(C)cc2)cc1)C(=O)Nc1cccc(C(=O)O)c1. The fourth-order valence-electron chi connectivity index (χ4n) is 2.94. The van der Waals surface area contributed by atoms with Crippen LogP contribution in [0, 0.1) is 6.92 Å². The van der Waals surface area contributed by atoms with Crippen LogP contribution >= 0.6 is 0 Å². The Kier molecular flexibility index (Phi) is 7.67. The highest BCUT2D eigenvalue weighted by Gasteiger charge is 2.17. The summed E-state index contributed by atoms with van der Waals surface area (Å²) in [5, 5.41) is 14.1. The summed E-state index contributed by atoms with van der Waals surface area (Å²) in [7, 11) is -4.02. The lowest BCUT2D eigenvalue weighted by atomic mass is 10.1. The molecule has 0 aliphatic rings. The number of carboxylic acid groups (broad SMARTS) is 1. The fraction of sp³-hybridized carbons (Fsp3) is 0.0800. The van der Waals surface area contributed by atoms with Crippen LogP contribution in [0.2, 0.25) is 0 Å². The van der Waals surface area contributed by atoms with Crippen LogP contribution in [0.5, 0.6) is 5.75 Å². The lowest BCUT2D eigenvalue weighted by Gasteiger charge is -2.11. The topological polar surface area (TPSA) is 139 Å². The van der Waals surface area contributed by atoms with Gasteiger partial charge in [0.15, 0.2) is 0 Å². The molecule has 3 aromatic carbocycles. The molecule has 0 spiro atoms. The van der Waals surface area contributed by atoms with Crippen molar-refractivity contribution < 1.29 is 32.1 Å². The van der Waals surface area contributed by atoms with Gasteiger partial charge in [-0.05, 0) is 61.0 Å². The molecule has 3 N–H and O–H groups in total. The van der Waals surface area contributed by atoms with Crippen LogP contribution in [0.25, 0.3) is 6.08 Å². The molecule has 10 heteroatoms. The summed E-state index contributed by atoms with van der Waals surface area (Å²) < 4.78 is 30.1. The van der Waals surface area contributed by atoms with Crippen molar-refractivity contribution in [1.29, 1.82) is 0 Å². The van der Waals surface area contributed by atoms with Gasteiger partial charge in [-0.15, -0.1) is 0 Å². The van der Waals surface area contributed by atoms with E-state index in [1.807, 2.05) is 6.92 Å². The van der Waals surface area contributed by atoms with Crippen molar-refractivity contribution in [2.45, 2.75) is 18.7 Å². The van der Waals surface area contributed by atoms with Crippen LogP contribution in [-0.4, -0.2) is 31.3 Å². The number of nitrogens with one attached hydrogen (secondary N) is 2. The molecule has 3 aromatic rings. The molecule has 0 bridgehead atoms. The van der Waals surface area contributed by atoms with E-state index in [1.54, 1.807) is 12.1 Å². The molecule has 0 aliphatic heterocycles. The van der Waals surface area contributed by atoms with Gasteiger partial charge in [-0.3, -0.25) is 9.59 Å². The molecule has 0 saturated carbocycles. The van der Waals surface area contributed by atoms with E-state index in [0.717, 1.165) is 5.56 Å². The first-order chi connectivity index (χ1) is 16.5. The Morgan fingerprint density at radius 1 is 0.943 bits per heavy atom. The van der Waals surface area contributed by atoms with E-state index < -0.39 is 27.9 Å². The summed E-state index contributed by atoms with van der Waals surface area (Å²) in [5.74, 6) is -2.25. The summed E-state index contributed by atoms with van der Waals surface area (Å²) in [6.07, 6.45) is 1.38. The van der Waals surface area contributed by atoms with Gasteiger partial charge in [-0.25, -0.2) is 4.79 Å². The normalized spacial score (nSPS) is 11.4. The molecule has 180 valence electrons. The minimum atomic E-state index is -4.02. The van der Waals surface area contributed by atoms with Gasteiger partial charge in [0.2, 0.25) is 5.91 Å². The molecule has 0 radical (unpaired) electrons. The maximum absolute atomic E-state index is 12.7. The highest BCUT2D eigenvalue weighted by atomic mass is 32.2. The predicted octanol–water partition coefficient (Wildman–Crippen LogP) is 3.58. The molecule has 0 saturated heterocycles. The second-order valence-corrected chi connectivity index (χ2v) is 9.05. The molecule has 0 heterocycles. The number of hydrogen-bond donors (Lipinski definition) is 3. The number of amides is 2. The van der Waals surface area contributed by atoms with Crippen LogP contribution in [0.3, 0.4) is 0 Å². The Morgan fingerprint density at radius 2 is 1.60 bits per heavy atom. The zero-order valence-electron chi connectivity index (χ0n) is 18.8. The number of hydrogen-bond acceptors (Lipinski definition) is 6. The van der Waals surface area contributed by atoms with Gasteiger partial charge in [0, 0.05) is 12.6 Å². The molecule has 0 unspecified atom stereocenters. The van der Waals surface area contributed by atoms with E-state index in [2.05, 4.69) is 10.6 Å². The van der Waals surface area contributed by atoms with Gasteiger partial charge in [0.1, 0.15) is 16.3 Å². The van der Waals surface area contributed by atoms with Crippen molar-refractivity contribution in [3.63, 3.8) is 0 Å². The van der Waals surface area contributed by atoms with Crippen molar-refractivity contribution in [1.82, 2.24) is 5.32 Å². The zero-order valence-corrected chi connectivity index (χ0v) is 19.6. The Labute approximate surface area is 202 Å². The van der Waals surface area contributed by atoms with Gasteiger partial charge in [-0.2, -0.15) is 8.42 Å². The average Bonchev–Trinajstić information content (AvgIpc) is 2.80. The summed E-state index contributed by atoms with van der Waals surface area (Å²) in [4.78, 5) is 35.5. The number of aryl methyl sites for hydroxylation is 1. The number of carbonyl (C=O) groups excluding carboxylic acids is 2. The van der Waals surface area contributed by atoms with Crippen molar-refractivity contribution in [2.75, 3.05) is 5.32 Å². The Hall–Kier alpha value is -4.44. The van der Waals surface area contributed by atoms with Gasteiger partial charge >= 0.3 is 16.1 Å². The Bertz CT molecular complexity index is 1390. The smallest absolute Gasteiger partial charge is 0.339 e. The molecule has 3 rings (SSSR count). The lowest BCUT2D eigenvalue weighted by Crippen LogP contribution is -2.29. The second kappa shape index (κ2) is 10.7. The number of anilines is 1. The minimum Gasteiger partial charge on any atom is -0.478 e. The molecular formula is C25H22N2O7S. The maximum atomic E-state index is 12.7. The van der Waals surface area contributed by atoms with Crippen LogP contribution in [-0.2, 0) is 19.7 Å². The van der Waals surface area contributed by atoms with Gasteiger partial charge in [0.25, 0.3) is 5.91 Å². The molecular weight excluding hydrogens is 472 g/mol. The number of carbonyl (C=O) groups is 3. The maximum Gasteiger partial charge on any atom is 0.339 e. The van der Waals surface area contributed by atoms with E-state index in [0.29, 0.717) is 5.56 Å². The van der Waals surface area contributed by atoms with Crippen LogP contribution in [0.1, 0.15) is 28.4 Å². The summed E-state index contributed by atoms with van der Waals surface area (Å²) in [6, 6.07) is 17.7. The molecule has 0 fully saturated rings. The lowest BCUT2D eigenvalue weighted by molar-refractivity contribution is -0.120. The van der Waals surface area contributed by atoms with E-state index >= 15 is 0 Å². The van der Waals surface area contributed by atoms with Crippen molar-refractivity contribution in [2.24, 2.45) is 0 Å². The third-order valence-electron chi connectivity index (χ3n) is 4.63. The van der Waals surface area contributed by atoms with Crippen molar-refractivity contribution in [3.8, 4) is 5.75 Å². The number of aromatic carboxylic acids is 1. The van der Waals surface area contributed by atoms with Crippen LogP contribution in [0.15, 0.2) is 83.4 Å². The van der Waals surface area contributed by atoms with E-state index in [-0.39, 0.29) is 27.6 Å². The molecule has 9 nitrogen and oxygen atoms in total. The minimum absolute atomic E-state index is 0.0102. The first-order valence-corrected chi connectivity index (χ1v) is 11.7. The molecule has 0 aromatic heterocycles. The quantitative estimate of drug-likeness (QED) is 0.321. The van der Waals surface area contributed by atoms with Gasteiger partial charge in [0.05, 0.1) is 5.56 Å². The number of rotatable bonds is 8. The zero-order chi connectivity index (χ0) is 25.6. The summed E-state index contributed by atoms with van der Waals surface area (Å²) in [5.41, 5.74) is 1.51. The van der Waals surface area contributed by atoms with E-state index in [4.69, 9.17) is 9.29 Å². The summed E-state index contributed by atoms with van der Waals surface area (Å²) in [6.45, 7) is 3.07. The van der Waals surface area contributed by atoms with E-state index in [9.17, 15) is 22.8 Å². The van der Waals surface area contributed by atoms with E-state index in [1.165, 1.54) is 73.7 Å².